The molecule has 14 heteroatoms. The van der Waals surface area contributed by atoms with Gasteiger partial charge >= 0.3 is 12.1 Å². The molecule has 0 radical (unpaired) electrons. The zero-order valence-electron chi connectivity index (χ0n) is 23.7. The average molecular weight is 572 g/mol. The summed E-state index contributed by atoms with van der Waals surface area (Å²) in [6, 6.07) is 0.556. The van der Waals surface area contributed by atoms with Gasteiger partial charge in [-0.15, -0.1) is 6.58 Å². The molecule has 222 valence electrons. The second kappa shape index (κ2) is 14.0. The smallest absolute Gasteiger partial charge is 0.413 e. The lowest BCUT2D eigenvalue weighted by Crippen LogP contribution is -2.55. The summed E-state index contributed by atoms with van der Waals surface area (Å²) in [5.74, 6) is 1.15. The Bertz CT molecular complexity index is 1190. The number of likely N-dealkylation sites (N-methyl/N-ethyl adjacent to an activating group) is 1. The minimum atomic E-state index is -1.25. The van der Waals surface area contributed by atoms with E-state index in [2.05, 4.69) is 49.1 Å². The number of amides is 3. The molecule has 0 spiro atoms. The van der Waals surface area contributed by atoms with E-state index in [-0.39, 0.29) is 36.7 Å². The van der Waals surface area contributed by atoms with E-state index in [1.54, 1.807) is 11.0 Å². The summed E-state index contributed by atoms with van der Waals surface area (Å²) in [5.41, 5.74) is 0. The molecule has 2 saturated heterocycles. The predicted octanol–water partition coefficient (Wildman–Crippen LogP) is 3.33. The van der Waals surface area contributed by atoms with Crippen molar-refractivity contribution in [3.63, 3.8) is 0 Å². The Morgan fingerprint density at radius 2 is 2.02 bits per heavy atom. The Labute approximate surface area is 239 Å². The van der Waals surface area contributed by atoms with Crippen LogP contribution >= 0.6 is 0 Å². The van der Waals surface area contributed by atoms with Crippen LogP contribution in [0.1, 0.15) is 32.6 Å². The molecule has 3 amide bonds. The van der Waals surface area contributed by atoms with Crippen molar-refractivity contribution in [2.24, 2.45) is 0 Å². The maximum Gasteiger partial charge on any atom is 0.413 e. The molecule has 4 rings (SSSR count). The third-order valence-electron chi connectivity index (χ3n) is 7.30. The SMILES string of the molecule is C=CC[C@@H]1C[C@@H](OC(=O)Nc2ccnc(N3CC[C@@H](F)[C@@H](N(C)C(=O)Nc4cnc(OCC)cn4)C3)n2)CCN1C. The number of piperidine rings is 2. The number of carbonyl (C=O) groups is 2. The van der Waals surface area contributed by atoms with Crippen LogP contribution in [0.2, 0.25) is 0 Å². The summed E-state index contributed by atoms with van der Waals surface area (Å²) in [4.78, 5) is 47.8. The minimum Gasteiger partial charge on any atom is -0.477 e. The van der Waals surface area contributed by atoms with E-state index in [0.717, 1.165) is 25.8 Å². The fourth-order valence-corrected chi connectivity index (χ4v) is 4.96. The molecule has 2 aliphatic heterocycles. The van der Waals surface area contributed by atoms with E-state index in [1.165, 1.54) is 30.5 Å². The van der Waals surface area contributed by atoms with Crippen molar-refractivity contribution in [1.29, 1.82) is 0 Å². The number of halogens is 1. The maximum atomic E-state index is 15.0. The van der Waals surface area contributed by atoms with Crippen LogP contribution < -0.4 is 20.3 Å². The van der Waals surface area contributed by atoms with Crippen LogP contribution in [-0.4, -0.2) is 107 Å². The van der Waals surface area contributed by atoms with Gasteiger partial charge < -0.3 is 24.2 Å². The highest BCUT2D eigenvalue weighted by Crippen LogP contribution is 2.24. The fourth-order valence-electron chi connectivity index (χ4n) is 4.96. The standard InChI is InChI=1S/C27H38FN9O4/c1-5-7-18-14-19(9-12-35(18)3)41-27(39)34-22-8-11-29-25(32-22)37-13-10-20(28)21(17-37)36(4)26(38)33-23-15-31-24(16-30-23)40-6-2/h5,8,11,15-16,18-21H,1,6-7,9-10,12-14,17H2,2-4H3,(H,30,33,38)(H,29,32,34,39)/t18-,19+,20-,21+/m1/s1. The van der Waals surface area contributed by atoms with E-state index < -0.39 is 24.3 Å². The van der Waals surface area contributed by atoms with Crippen molar-refractivity contribution in [2.45, 2.75) is 57.0 Å². The lowest BCUT2D eigenvalue weighted by molar-refractivity contribution is 0.0399. The number of hydrogen-bond acceptors (Lipinski definition) is 10. The Balaban J connectivity index is 1.33. The molecular weight excluding hydrogens is 533 g/mol. The first-order chi connectivity index (χ1) is 19.8. The predicted molar refractivity (Wildman–Crippen MR) is 152 cm³/mol. The van der Waals surface area contributed by atoms with Gasteiger partial charge in [0.25, 0.3) is 0 Å². The topological polar surface area (TPSA) is 138 Å². The number of nitrogens with zero attached hydrogens (tertiary/aromatic N) is 7. The summed E-state index contributed by atoms with van der Waals surface area (Å²) in [6.07, 6.45) is 6.63. The van der Waals surface area contributed by atoms with Crippen LogP contribution in [0.4, 0.5) is 31.6 Å². The molecule has 0 saturated carbocycles. The first kappa shape index (κ1) is 29.9. The first-order valence-electron chi connectivity index (χ1n) is 13.8. The summed E-state index contributed by atoms with van der Waals surface area (Å²) < 4.78 is 25.9. The van der Waals surface area contributed by atoms with Crippen molar-refractivity contribution >= 4 is 29.7 Å². The lowest BCUT2D eigenvalue weighted by Gasteiger charge is -2.39. The van der Waals surface area contributed by atoms with Gasteiger partial charge in [0, 0.05) is 45.3 Å². The van der Waals surface area contributed by atoms with Crippen molar-refractivity contribution in [3.05, 3.63) is 37.3 Å². The van der Waals surface area contributed by atoms with Gasteiger partial charge in [-0.05, 0) is 39.3 Å². The molecule has 0 aliphatic carbocycles. The number of likely N-dealkylation sites (tertiary alicyclic amines) is 1. The molecule has 4 atom stereocenters. The van der Waals surface area contributed by atoms with Crippen molar-refractivity contribution in [2.75, 3.05) is 55.9 Å². The molecule has 0 bridgehead atoms. The van der Waals surface area contributed by atoms with Gasteiger partial charge in [-0.3, -0.25) is 10.6 Å². The minimum absolute atomic E-state index is 0.161. The first-order valence-corrected chi connectivity index (χ1v) is 13.8. The number of anilines is 3. The van der Waals surface area contributed by atoms with E-state index >= 15 is 0 Å². The molecule has 41 heavy (non-hydrogen) atoms. The maximum absolute atomic E-state index is 15.0. The Morgan fingerprint density at radius 3 is 2.76 bits per heavy atom. The van der Waals surface area contributed by atoms with Gasteiger partial charge in [-0.2, -0.15) is 4.98 Å². The number of carbonyl (C=O) groups excluding carboxylic acids is 2. The lowest BCUT2D eigenvalue weighted by atomic mass is 9.97. The fraction of sp³-hybridized carbons (Fsp3) is 0.556. The normalized spacial score (nSPS) is 22.9. The van der Waals surface area contributed by atoms with Gasteiger partial charge in [0.15, 0.2) is 5.82 Å². The number of ether oxygens (including phenoxy) is 2. The molecule has 2 N–H and O–H groups in total. The van der Waals surface area contributed by atoms with Gasteiger partial charge in [0.1, 0.15) is 18.1 Å². The molecule has 2 aromatic heterocycles. The molecule has 2 aromatic rings. The second-order valence-electron chi connectivity index (χ2n) is 10.1. The molecule has 13 nitrogen and oxygen atoms in total. The number of nitrogens with one attached hydrogen (secondary N) is 2. The zero-order valence-corrected chi connectivity index (χ0v) is 23.7. The second-order valence-corrected chi connectivity index (χ2v) is 10.1. The third kappa shape index (κ3) is 7.99. The number of hydrogen-bond donors (Lipinski definition) is 2. The van der Waals surface area contributed by atoms with E-state index in [0.29, 0.717) is 25.0 Å². The van der Waals surface area contributed by atoms with Crippen LogP contribution in [0.15, 0.2) is 37.3 Å². The van der Waals surface area contributed by atoms with E-state index in [1.807, 2.05) is 13.0 Å². The molecule has 0 unspecified atom stereocenters. The molecule has 2 fully saturated rings. The van der Waals surface area contributed by atoms with Gasteiger partial charge in [0.05, 0.1) is 25.0 Å². The van der Waals surface area contributed by atoms with E-state index in [9.17, 15) is 14.0 Å². The van der Waals surface area contributed by atoms with Crippen LogP contribution in [0.3, 0.4) is 0 Å². The number of urea groups is 1. The third-order valence-corrected chi connectivity index (χ3v) is 7.30. The largest absolute Gasteiger partial charge is 0.477 e. The summed E-state index contributed by atoms with van der Waals surface area (Å²) >= 11 is 0. The van der Waals surface area contributed by atoms with E-state index in [4.69, 9.17) is 9.47 Å². The molecule has 2 aliphatic rings. The van der Waals surface area contributed by atoms with Crippen LogP contribution in [0.5, 0.6) is 5.88 Å². The molecular formula is C27H38FN9O4. The highest BCUT2D eigenvalue weighted by Gasteiger charge is 2.35. The van der Waals surface area contributed by atoms with Crippen LogP contribution in [0, 0.1) is 0 Å². The molecule has 4 heterocycles. The van der Waals surface area contributed by atoms with Crippen molar-refractivity contribution in [3.8, 4) is 5.88 Å². The zero-order chi connectivity index (χ0) is 29.4. The number of aromatic nitrogens is 4. The van der Waals surface area contributed by atoms with Gasteiger partial charge in [-0.1, -0.05) is 6.08 Å². The van der Waals surface area contributed by atoms with Crippen LogP contribution in [0.25, 0.3) is 0 Å². The molecule has 0 aromatic carbocycles. The van der Waals surface area contributed by atoms with Gasteiger partial charge in [-0.25, -0.2) is 28.9 Å². The van der Waals surface area contributed by atoms with Crippen molar-refractivity contribution in [1.82, 2.24) is 29.7 Å². The number of rotatable bonds is 9. The number of alkyl halides is 1. The average Bonchev–Trinajstić information content (AvgIpc) is 2.96. The summed E-state index contributed by atoms with van der Waals surface area (Å²) in [5, 5.41) is 5.32. The summed E-state index contributed by atoms with van der Waals surface area (Å²) in [6.45, 7) is 7.43. The Kier molecular flexibility index (Phi) is 10.2. The monoisotopic (exact) mass is 571 g/mol. The highest BCUT2D eigenvalue weighted by molar-refractivity contribution is 5.88. The summed E-state index contributed by atoms with van der Waals surface area (Å²) in [7, 11) is 3.58. The highest BCUT2D eigenvalue weighted by atomic mass is 19.1. The Hall–Kier alpha value is -4.07. The quantitative estimate of drug-likeness (QED) is 0.431. The van der Waals surface area contributed by atoms with Crippen molar-refractivity contribution < 1.29 is 23.5 Å². The van der Waals surface area contributed by atoms with Crippen LogP contribution in [-0.2, 0) is 4.74 Å². The van der Waals surface area contributed by atoms with Gasteiger partial charge in [0.2, 0.25) is 11.8 Å². The Morgan fingerprint density at radius 1 is 1.20 bits per heavy atom.